The van der Waals surface area contributed by atoms with Gasteiger partial charge >= 0.3 is 0 Å². The topological polar surface area (TPSA) is 20.2 Å². The van der Waals surface area contributed by atoms with Gasteiger partial charge in [0.1, 0.15) is 0 Å². The van der Waals surface area contributed by atoms with Crippen LogP contribution in [0.1, 0.15) is 32.6 Å². The van der Waals surface area contributed by atoms with Crippen LogP contribution in [0.5, 0.6) is 0 Å². The summed E-state index contributed by atoms with van der Waals surface area (Å²) in [5.74, 6) is 2.09. The van der Waals surface area contributed by atoms with Crippen molar-refractivity contribution in [2.75, 3.05) is 5.75 Å². The number of hydrogen-bond acceptors (Lipinski definition) is 2. The highest BCUT2D eigenvalue weighted by molar-refractivity contribution is 9.10. The second-order valence-electron chi connectivity index (χ2n) is 5.34. The highest BCUT2D eigenvalue weighted by Gasteiger charge is 2.25. The van der Waals surface area contributed by atoms with Crippen LogP contribution in [0.2, 0.25) is 0 Å². The Kier molecular flexibility index (Phi) is 5.58. The van der Waals surface area contributed by atoms with E-state index in [0.29, 0.717) is 5.92 Å². The fourth-order valence-electron chi connectivity index (χ4n) is 2.70. The molecule has 0 saturated heterocycles. The lowest BCUT2D eigenvalue weighted by Crippen LogP contribution is -2.27. The van der Waals surface area contributed by atoms with Crippen LogP contribution in [0.25, 0.3) is 0 Å². The van der Waals surface area contributed by atoms with E-state index in [1.807, 2.05) is 12.1 Å². The minimum absolute atomic E-state index is 0.162. The van der Waals surface area contributed by atoms with Gasteiger partial charge in [-0.25, -0.2) is 0 Å². The Balaban J connectivity index is 1.84. The molecule has 3 unspecified atom stereocenters. The van der Waals surface area contributed by atoms with Gasteiger partial charge in [0.25, 0.3) is 0 Å². The first-order valence-electron chi connectivity index (χ1n) is 6.72. The second-order valence-corrected chi connectivity index (χ2v) is 7.26. The quantitative estimate of drug-likeness (QED) is 0.806. The predicted molar refractivity (Wildman–Crippen MR) is 82.0 cm³/mol. The molecule has 2 rings (SSSR count). The monoisotopic (exact) mass is 328 g/mol. The van der Waals surface area contributed by atoms with Crippen molar-refractivity contribution < 1.29 is 5.11 Å². The van der Waals surface area contributed by atoms with Gasteiger partial charge in [-0.2, -0.15) is 0 Å². The van der Waals surface area contributed by atoms with E-state index < -0.39 is 0 Å². The van der Waals surface area contributed by atoms with Gasteiger partial charge in [0, 0.05) is 15.1 Å². The summed E-state index contributed by atoms with van der Waals surface area (Å²) in [6, 6.07) is 8.22. The van der Waals surface area contributed by atoms with Crippen LogP contribution in [0.3, 0.4) is 0 Å². The Hall–Kier alpha value is 0.01000. The predicted octanol–water partition coefficient (Wildman–Crippen LogP) is 4.73. The Morgan fingerprint density at radius 1 is 1.39 bits per heavy atom. The van der Waals surface area contributed by atoms with Crippen molar-refractivity contribution in [1.82, 2.24) is 0 Å². The van der Waals surface area contributed by atoms with E-state index in [9.17, 15) is 5.11 Å². The number of aliphatic hydroxyl groups is 1. The van der Waals surface area contributed by atoms with Crippen molar-refractivity contribution in [2.24, 2.45) is 11.8 Å². The molecule has 1 aromatic carbocycles. The zero-order chi connectivity index (χ0) is 13.0. The largest absolute Gasteiger partial charge is 0.392 e. The zero-order valence-corrected chi connectivity index (χ0v) is 13.2. The summed E-state index contributed by atoms with van der Waals surface area (Å²) in [6.07, 6.45) is 4.84. The molecule has 100 valence electrons. The smallest absolute Gasteiger partial charge is 0.0662 e. The summed E-state index contributed by atoms with van der Waals surface area (Å²) in [7, 11) is 0. The van der Waals surface area contributed by atoms with Gasteiger partial charge in [0.05, 0.1) is 6.10 Å². The van der Waals surface area contributed by atoms with Gasteiger partial charge in [0.15, 0.2) is 0 Å². The van der Waals surface area contributed by atoms with Crippen LogP contribution < -0.4 is 0 Å². The third kappa shape index (κ3) is 4.01. The lowest BCUT2D eigenvalue weighted by molar-refractivity contribution is 0.0902. The molecule has 1 aliphatic rings. The summed E-state index contributed by atoms with van der Waals surface area (Å²) >= 11 is 5.30. The minimum atomic E-state index is -0.162. The van der Waals surface area contributed by atoms with E-state index in [-0.39, 0.29) is 6.10 Å². The van der Waals surface area contributed by atoms with E-state index in [1.54, 1.807) is 11.8 Å². The maximum Gasteiger partial charge on any atom is 0.0662 e. The summed E-state index contributed by atoms with van der Waals surface area (Å²) < 4.78 is 1.12. The van der Waals surface area contributed by atoms with E-state index >= 15 is 0 Å². The maximum absolute atomic E-state index is 10.3. The highest BCUT2D eigenvalue weighted by atomic mass is 79.9. The molecule has 0 spiro atoms. The molecule has 1 aromatic rings. The molecule has 1 nitrogen and oxygen atoms in total. The van der Waals surface area contributed by atoms with Crippen LogP contribution in [0, 0.1) is 11.8 Å². The number of hydrogen-bond donors (Lipinski definition) is 1. The van der Waals surface area contributed by atoms with Gasteiger partial charge < -0.3 is 5.11 Å². The third-order valence-electron chi connectivity index (χ3n) is 3.77. The molecule has 0 amide bonds. The standard InChI is InChI=1S/C15H21BrOS/c1-11-5-4-6-12(9-11)14(17)10-18-15-8-3-2-7-13(15)16/h2-3,7-8,11-12,14,17H,4-6,9-10H2,1H3. The zero-order valence-electron chi connectivity index (χ0n) is 10.8. The molecule has 3 atom stereocenters. The van der Waals surface area contributed by atoms with Crippen molar-refractivity contribution in [3.05, 3.63) is 28.7 Å². The number of rotatable bonds is 4. The Morgan fingerprint density at radius 3 is 2.89 bits per heavy atom. The molecule has 1 N–H and O–H groups in total. The first-order chi connectivity index (χ1) is 8.66. The van der Waals surface area contributed by atoms with E-state index in [2.05, 4.69) is 35.0 Å². The van der Waals surface area contributed by atoms with Crippen molar-refractivity contribution in [3.63, 3.8) is 0 Å². The van der Waals surface area contributed by atoms with E-state index in [1.165, 1.54) is 30.6 Å². The maximum atomic E-state index is 10.3. The molecule has 0 radical (unpaired) electrons. The van der Waals surface area contributed by atoms with Crippen LogP contribution in [-0.4, -0.2) is 17.0 Å². The Morgan fingerprint density at radius 2 is 2.17 bits per heavy atom. The second kappa shape index (κ2) is 6.97. The molecule has 1 fully saturated rings. The SMILES string of the molecule is CC1CCCC(C(O)CSc2ccccc2Br)C1. The molecular weight excluding hydrogens is 308 g/mol. The minimum Gasteiger partial charge on any atom is -0.392 e. The fraction of sp³-hybridized carbons (Fsp3) is 0.600. The first kappa shape index (κ1) is 14.4. The summed E-state index contributed by atoms with van der Waals surface area (Å²) in [5.41, 5.74) is 0. The molecule has 0 aromatic heterocycles. The average molecular weight is 329 g/mol. The van der Waals surface area contributed by atoms with Crippen LogP contribution >= 0.6 is 27.7 Å². The molecule has 3 heteroatoms. The van der Waals surface area contributed by atoms with Gasteiger partial charge in [-0.3, -0.25) is 0 Å². The lowest BCUT2D eigenvalue weighted by Gasteiger charge is -2.30. The Labute approximate surface area is 122 Å². The fourth-order valence-corrected chi connectivity index (χ4v) is 4.33. The molecule has 1 aliphatic carbocycles. The van der Waals surface area contributed by atoms with Crippen LogP contribution in [-0.2, 0) is 0 Å². The number of aliphatic hydroxyl groups excluding tert-OH is 1. The molecule has 18 heavy (non-hydrogen) atoms. The normalized spacial score (nSPS) is 25.9. The van der Waals surface area contributed by atoms with Gasteiger partial charge in [0.2, 0.25) is 0 Å². The van der Waals surface area contributed by atoms with Gasteiger partial charge in [-0.15, -0.1) is 11.8 Å². The molecule has 0 aliphatic heterocycles. The molecule has 1 saturated carbocycles. The third-order valence-corrected chi connectivity index (χ3v) is 5.90. The average Bonchev–Trinajstić information content (AvgIpc) is 2.37. The summed E-state index contributed by atoms with van der Waals surface area (Å²) in [5, 5.41) is 10.3. The van der Waals surface area contributed by atoms with E-state index in [4.69, 9.17) is 0 Å². The van der Waals surface area contributed by atoms with E-state index in [0.717, 1.165) is 16.1 Å². The molecule has 0 bridgehead atoms. The number of benzene rings is 1. The van der Waals surface area contributed by atoms with Crippen molar-refractivity contribution in [2.45, 2.75) is 43.6 Å². The van der Waals surface area contributed by atoms with Crippen molar-refractivity contribution in [1.29, 1.82) is 0 Å². The molecule has 0 heterocycles. The van der Waals surface area contributed by atoms with Crippen molar-refractivity contribution in [3.8, 4) is 0 Å². The summed E-state index contributed by atoms with van der Waals surface area (Å²) in [4.78, 5) is 1.22. The van der Waals surface area contributed by atoms with Gasteiger partial charge in [-0.1, -0.05) is 31.9 Å². The van der Waals surface area contributed by atoms with Crippen molar-refractivity contribution >= 4 is 27.7 Å². The lowest BCUT2D eigenvalue weighted by atomic mass is 9.80. The molecular formula is C15H21BrOS. The Bertz CT molecular complexity index is 383. The van der Waals surface area contributed by atoms with Crippen LogP contribution in [0.15, 0.2) is 33.6 Å². The highest BCUT2D eigenvalue weighted by Crippen LogP contribution is 2.34. The number of halogens is 1. The number of thioether (sulfide) groups is 1. The first-order valence-corrected chi connectivity index (χ1v) is 8.50. The van der Waals surface area contributed by atoms with Crippen LogP contribution in [0.4, 0.5) is 0 Å². The summed E-state index contributed by atoms with van der Waals surface area (Å²) in [6.45, 7) is 2.31. The van der Waals surface area contributed by atoms with Gasteiger partial charge in [-0.05, 0) is 52.7 Å².